The predicted molar refractivity (Wildman–Crippen MR) is 72.0 cm³/mol. The van der Waals surface area contributed by atoms with E-state index in [9.17, 15) is 13.9 Å². The summed E-state index contributed by atoms with van der Waals surface area (Å²) in [7, 11) is 1.64. The minimum Gasteiger partial charge on any atom is -0.390 e. The van der Waals surface area contributed by atoms with E-state index in [2.05, 4.69) is 15.9 Å². The third kappa shape index (κ3) is 3.33. The van der Waals surface area contributed by atoms with Crippen LogP contribution in [0, 0.1) is 11.6 Å². The van der Waals surface area contributed by atoms with E-state index in [0.29, 0.717) is 25.7 Å². The van der Waals surface area contributed by atoms with E-state index in [1.54, 1.807) is 7.11 Å². The number of aliphatic hydroxyl groups is 1. The number of halogens is 3. The van der Waals surface area contributed by atoms with E-state index in [-0.39, 0.29) is 22.6 Å². The van der Waals surface area contributed by atoms with Crippen LogP contribution in [0.15, 0.2) is 16.6 Å². The van der Waals surface area contributed by atoms with Crippen molar-refractivity contribution in [3.63, 3.8) is 0 Å². The van der Waals surface area contributed by atoms with Crippen molar-refractivity contribution in [1.29, 1.82) is 0 Å². The molecule has 1 aliphatic rings. The van der Waals surface area contributed by atoms with Crippen molar-refractivity contribution in [2.24, 2.45) is 0 Å². The largest absolute Gasteiger partial charge is 0.390 e. The number of hydrogen-bond donors (Lipinski definition) is 1. The van der Waals surface area contributed by atoms with Crippen LogP contribution in [-0.2, 0) is 11.2 Å². The molecule has 0 aliphatic heterocycles. The zero-order valence-electron chi connectivity index (χ0n) is 10.8. The first kappa shape index (κ1) is 14.9. The Hall–Kier alpha value is -0.520. The molecule has 0 aromatic heterocycles. The maximum absolute atomic E-state index is 13.9. The Morgan fingerprint density at radius 2 is 2.00 bits per heavy atom. The van der Waals surface area contributed by atoms with Gasteiger partial charge < -0.3 is 9.84 Å². The second kappa shape index (κ2) is 5.85. The number of benzene rings is 1. The van der Waals surface area contributed by atoms with Gasteiger partial charge in [0.25, 0.3) is 0 Å². The van der Waals surface area contributed by atoms with Crippen molar-refractivity contribution in [1.82, 2.24) is 0 Å². The van der Waals surface area contributed by atoms with E-state index in [1.807, 2.05) is 0 Å². The van der Waals surface area contributed by atoms with Gasteiger partial charge in [-0.2, -0.15) is 0 Å². The molecule has 19 heavy (non-hydrogen) atoms. The van der Waals surface area contributed by atoms with Gasteiger partial charge in [0.1, 0.15) is 11.6 Å². The monoisotopic (exact) mass is 334 g/mol. The summed E-state index contributed by atoms with van der Waals surface area (Å²) in [5.74, 6) is -1.23. The Bertz CT molecular complexity index is 457. The van der Waals surface area contributed by atoms with Crippen LogP contribution in [-0.4, -0.2) is 23.9 Å². The Balaban J connectivity index is 2.15. The van der Waals surface area contributed by atoms with Crippen molar-refractivity contribution in [3.8, 4) is 0 Å². The third-order valence-electron chi connectivity index (χ3n) is 3.84. The fourth-order valence-corrected chi connectivity index (χ4v) is 2.97. The second-order valence-corrected chi connectivity index (χ2v) is 6.01. The third-order valence-corrected chi connectivity index (χ3v) is 4.45. The van der Waals surface area contributed by atoms with Crippen LogP contribution in [0.3, 0.4) is 0 Å². The Morgan fingerprint density at radius 1 is 1.37 bits per heavy atom. The van der Waals surface area contributed by atoms with Crippen molar-refractivity contribution in [2.45, 2.75) is 43.8 Å². The molecule has 0 heterocycles. The molecule has 2 rings (SSSR count). The van der Waals surface area contributed by atoms with Crippen LogP contribution in [0.5, 0.6) is 0 Å². The van der Waals surface area contributed by atoms with Crippen molar-refractivity contribution in [3.05, 3.63) is 33.8 Å². The van der Waals surface area contributed by atoms with Gasteiger partial charge in [-0.1, -0.05) is 0 Å². The van der Waals surface area contributed by atoms with Gasteiger partial charge >= 0.3 is 0 Å². The summed E-state index contributed by atoms with van der Waals surface area (Å²) < 4.78 is 33.1. The molecule has 5 heteroatoms. The molecule has 1 aromatic carbocycles. The van der Waals surface area contributed by atoms with Gasteiger partial charge in [0.15, 0.2) is 0 Å². The van der Waals surface area contributed by atoms with Gasteiger partial charge in [0.2, 0.25) is 0 Å². The lowest BCUT2D eigenvalue weighted by atomic mass is 9.79. The maximum atomic E-state index is 13.9. The predicted octanol–water partition coefficient (Wildman–Crippen LogP) is 3.59. The second-order valence-electron chi connectivity index (χ2n) is 5.16. The highest BCUT2D eigenvalue weighted by Crippen LogP contribution is 2.34. The first-order chi connectivity index (χ1) is 8.95. The highest BCUT2D eigenvalue weighted by molar-refractivity contribution is 9.10. The van der Waals surface area contributed by atoms with E-state index < -0.39 is 17.2 Å². The van der Waals surface area contributed by atoms with Crippen LogP contribution < -0.4 is 0 Å². The SMILES string of the molecule is COC1CCC(O)(Cc2c(F)ccc(Br)c2F)CC1. The molecule has 0 atom stereocenters. The molecule has 1 aromatic rings. The summed E-state index contributed by atoms with van der Waals surface area (Å²) in [6, 6.07) is 2.55. The summed E-state index contributed by atoms with van der Waals surface area (Å²) in [5.41, 5.74) is -1.09. The van der Waals surface area contributed by atoms with Gasteiger partial charge in [0.05, 0.1) is 16.2 Å². The lowest BCUT2D eigenvalue weighted by Gasteiger charge is -2.35. The standard InChI is InChI=1S/C14H17BrF2O2/c1-19-9-4-6-14(18,7-5-9)8-10-12(16)3-2-11(15)13(10)17/h2-3,9,18H,4-8H2,1H3. The molecule has 0 saturated heterocycles. The van der Waals surface area contributed by atoms with Gasteiger partial charge in [-0.05, 0) is 53.7 Å². The van der Waals surface area contributed by atoms with E-state index in [0.717, 1.165) is 0 Å². The molecule has 1 fully saturated rings. The Morgan fingerprint density at radius 3 is 2.58 bits per heavy atom. The molecule has 1 N–H and O–H groups in total. The Labute approximate surface area is 119 Å². The Kier molecular flexibility index (Phi) is 4.58. The van der Waals surface area contributed by atoms with Crippen LogP contribution in [0.2, 0.25) is 0 Å². The lowest BCUT2D eigenvalue weighted by Crippen LogP contribution is -2.38. The van der Waals surface area contributed by atoms with Gasteiger partial charge in [-0.3, -0.25) is 0 Å². The molecule has 0 bridgehead atoms. The van der Waals surface area contributed by atoms with Crippen LogP contribution in [0.25, 0.3) is 0 Å². The zero-order valence-corrected chi connectivity index (χ0v) is 12.3. The van der Waals surface area contributed by atoms with Crippen LogP contribution >= 0.6 is 15.9 Å². The summed E-state index contributed by atoms with van der Waals surface area (Å²) in [6.45, 7) is 0. The van der Waals surface area contributed by atoms with E-state index >= 15 is 0 Å². The summed E-state index contributed by atoms with van der Waals surface area (Å²) in [5, 5.41) is 10.5. The number of hydrogen-bond acceptors (Lipinski definition) is 2. The average Bonchev–Trinajstić information content (AvgIpc) is 2.40. The number of rotatable bonds is 3. The van der Waals surface area contributed by atoms with Gasteiger partial charge in [-0.15, -0.1) is 0 Å². The molecular formula is C14H17BrF2O2. The summed E-state index contributed by atoms with van der Waals surface area (Å²) >= 11 is 3.04. The first-order valence-corrected chi connectivity index (χ1v) is 7.12. The molecular weight excluding hydrogens is 318 g/mol. The highest BCUT2D eigenvalue weighted by Gasteiger charge is 2.35. The normalized spacial score (nSPS) is 27.5. The molecule has 0 radical (unpaired) electrons. The quantitative estimate of drug-likeness (QED) is 0.856. The molecule has 0 amide bonds. The lowest BCUT2D eigenvalue weighted by molar-refractivity contribution is -0.0435. The van der Waals surface area contributed by atoms with Crippen LogP contribution in [0.1, 0.15) is 31.2 Å². The van der Waals surface area contributed by atoms with Crippen LogP contribution in [0.4, 0.5) is 8.78 Å². The fraction of sp³-hybridized carbons (Fsp3) is 0.571. The topological polar surface area (TPSA) is 29.5 Å². The van der Waals surface area contributed by atoms with Crippen molar-refractivity contribution < 1.29 is 18.6 Å². The maximum Gasteiger partial charge on any atom is 0.143 e. The molecule has 106 valence electrons. The zero-order chi connectivity index (χ0) is 14.0. The minimum atomic E-state index is -1.04. The number of ether oxygens (including phenoxy) is 1. The summed E-state index contributed by atoms with van der Waals surface area (Å²) in [4.78, 5) is 0. The molecule has 1 aliphatic carbocycles. The number of methoxy groups -OCH3 is 1. The van der Waals surface area contributed by atoms with E-state index in [4.69, 9.17) is 4.74 Å². The van der Waals surface area contributed by atoms with Gasteiger partial charge in [0, 0.05) is 19.1 Å². The molecule has 1 saturated carbocycles. The smallest absolute Gasteiger partial charge is 0.143 e. The van der Waals surface area contributed by atoms with E-state index in [1.165, 1.54) is 12.1 Å². The van der Waals surface area contributed by atoms with Gasteiger partial charge in [-0.25, -0.2) is 8.78 Å². The molecule has 0 unspecified atom stereocenters. The highest BCUT2D eigenvalue weighted by atomic mass is 79.9. The fourth-order valence-electron chi connectivity index (χ4n) is 2.60. The first-order valence-electron chi connectivity index (χ1n) is 6.33. The summed E-state index contributed by atoms with van der Waals surface area (Å²) in [6.07, 6.45) is 2.56. The molecule has 0 spiro atoms. The van der Waals surface area contributed by atoms with Crippen molar-refractivity contribution >= 4 is 15.9 Å². The minimum absolute atomic E-state index is 0.000537. The average molecular weight is 335 g/mol. The van der Waals surface area contributed by atoms with Crippen molar-refractivity contribution in [2.75, 3.05) is 7.11 Å². The molecule has 2 nitrogen and oxygen atoms in total.